The lowest BCUT2D eigenvalue weighted by Crippen LogP contribution is -2.31. The summed E-state index contributed by atoms with van der Waals surface area (Å²) in [5.41, 5.74) is 0. The van der Waals surface area contributed by atoms with Crippen LogP contribution in [0.15, 0.2) is 4.34 Å². The first kappa shape index (κ1) is 17.0. The monoisotopic (exact) mass is 344 g/mol. The van der Waals surface area contributed by atoms with Gasteiger partial charge >= 0.3 is 5.97 Å². The van der Waals surface area contributed by atoms with Gasteiger partial charge in [-0.1, -0.05) is 42.4 Å². The minimum atomic E-state index is -0.465. The van der Waals surface area contributed by atoms with E-state index in [2.05, 4.69) is 25.6 Å². The van der Waals surface area contributed by atoms with E-state index >= 15 is 0 Å². The Hall–Kier alpha value is -1.35. The molecule has 0 bridgehead atoms. The van der Waals surface area contributed by atoms with Crippen molar-refractivity contribution in [1.82, 2.24) is 15.5 Å². The van der Waals surface area contributed by atoms with Gasteiger partial charge in [0.2, 0.25) is 11.0 Å². The molecule has 0 radical (unpaired) electrons. The molecular formula is C13H20N4O3S2. The molecule has 0 saturated heterocycles. The minimum Gasteiger partial charge on any atom is -0.468 e. The van der Waals surface area contributed by atoms with Crippen LogP contribution in [0.4, 0.5) is 5.13 Å². The lowest BCUT2D eigenvalue weighted by atomic mass is 9.96. The van der Waals surface area contributed by atoms with Crippen molar-refractivity contribution in [2.24, 2.45) is 0 Å². The topological polar surface area (TPSA) is 93.2 Å². The van der Waals surface area contributed by atoms with Gasteiger partial charge in [0.05, 0.1) is 12.9 Å². The zero-order chi connectivity index (χ0) is 15.8. The predicted molar refractivity (Wildman–Crippen MR) is 86.2 cm³/mol. The van der Waals surface area contributed by atoms with Gasteiger partial charge in [-0.2, -0.15) is 0 Å². The lowest BCUT2D eigenvalue weighted by Gasteiger charge is -2.21. The lowest BCUT2D eigenvalue weighted by molar-refractivity contribution is -0.140. The van der Waals surface area contributed by atoms with Crippen LogP contribution in [0, 0.1) is 0 Å². The SMILES string of the molecule is COC(=O)CNC(=O)CSc1nnc(NC2CCCCC2)s1. The standard InChI is InChI=1S/C13H20N4O3S2/c1-20-11(19)7-14-10(18)8-21-13-17-16-12(22-13)15-9-5-3-2-4-6-9/h9H,2-8H2,1H3,(H,14,18)(H,15,16). The third kappa shape index (κ3) is 5.80. The molecule has 0 aromatic carbocycles. The third-order valence-electron chi connectivity index (χ3n) is 3.32. The Bertz CT molecular complexity index is 503. The molecule has 0 unspecified atom stereocenters. The molecule has 7 nitrogen and oxygen atoms in total. The Balaban J connectivity index is 1.70. The Labute approximate surface area is 137 Å². The number of aromatic nitrogens is 2. The van der Waals surface area contributed by atoms with Crippen LogP contribution in [0.1, 0.15) is 32.1 Å². The fourth-order valence-corrected chi connectivity index (χ4v) is 3.83. The Morgan fingerprint density at radius 2 is 2.09 bits per heavy atom. The highest BCUT2D eigenvalue weighted by molar-refractivity contribution is 8.01. The molecule has 1 saturated carbocycles. The smallest absolute Gasteiger partial charge is 0.325 e. The molecule has 2 N–H and O–H groups in total. The number of nitrogens with zero attached hydrogens (tertiary/aromatic N) is 2. The summed E-state index contributed by atoms with van der Waals surface area (Å²) < 4.78 is 5.19. The molecule has 0 atom stereocenters. The maximum absolute atomic E-state index is 11.6. The maximum Gasteiger partial charge on any atom is 0.325 e. The number of methoxy groups -OCH3 is 1. The molecular weight excluding hydrogens is 324 g/mol. The van der Waals surface area contributed by atoms with Gasteiger partial charge in [-0.05, 0) is 12.8 Å². The van der Waals surface area contributed by atoms with Crippen molar-refractivity contribution in [3.63, 3.8) is 0 Å². The molecule has 1 aromatic heterocycles. The van der Waals surface area contributed by atoms with E-state index in [9.17, 15) is 9.59 Å². The molecule has 1 aliphatic carbocycles. The predicted octanol–water partition coefficient (Wildman–Crippen LogP) is 1.66. The van der Waals surface area contributed by atoms with Crippen LogP contribution in [0.25, 0.3) is 0 Å². The first-order chi connectivity index (χ1) is 10.7. The largest absolute Gasteiger partial charge is 0.468 e. The van der Waals surface area contributed by atoms with Crippen LogP contribution >= 0.6 is 23.1 Å². The van der Waals surface area contributed by atoms with Gasteiger partial charge in [0, 0.05) is 6.04 Å². The molecule has 122 valence electrons. The number of ether oxygens (including phenoxy) is 1. The molecule has 1 heterocycles. The van der Waals surface area contributed by atoms with Gasteiger partial charge < -0.3 is 15.4 Å². The number of rotatable bonds is 7. The number of hydrogen-bond acceptors (Lipinski definition) is 8. The van der Waals surface area contributed by atoms with Gasteiger partial charge in [0.1, 0.15) is 6.54 Å². The van der Waals surface area contributed by atoms with Crippen LogP contribution < -0.4 is 10.6 Å². The summed E-state index contributed by atoms with van der Waals surface area (Å²) in [6.45, 7) is -0.111. The van der Waals surface area contributed by atoms with Crippen molar-refractivity contribution in [2.75, 3.05) is 24.7 Å². The maximum atomic E-state index is 11.6. The molecule has 1 aromatic rings. The van der Waals surface area contributed by atoms with E-state index in [1.54, 1.807) is 0 Å². The second-order valence-electron chi connectivity index (χ2n) is 4.99. The highest BCUT2D eigenvalue weighted by Gasteiger charge is 2.15. The second kappa shape index (κ2) is 8.94. The Morgan fingerprint density at radius 1 is 1.32 bits per heavy atom. The van der Waals surface area contributed by atoms with Crippen molar-refractivity contribution in [2.45, 2.75) is 42.5 Å². The van der Waals surface area contributed by atoms with Gasteiger partial charge in [-0.15, -0.1) is 10.2 Å². The van der Waals surface area contributed by atoms with Crippen LogP contribution in [0.2, 0.25) is 0 Å². The van der Waals surface area contributed by atoms with E-state index in [1.165, 1.54) is 62.3 Å². The molecule has 1 aliphatic rings. The van der Waals surface area contributed by atoms with Crippen molar-refractivity contribution in [1.29, 1.82) is 0 Å². The highest BCUT2D eigenvalue weighted by Crippen LogP contribution is 2.28. The molecule has 2 rings (SSSR count). The summed E-state index contributed by atoms with van der Waals surface area (Å²) in [5.74, 6) is -0.490. The first-order valence-electron chi connectivity index (χ1n) is 7.23. The summed E-state index contributed by atoms with van der Waals surface area (Å²) in [6.07, 6.45) is 6.20. The van der Waals surface area contributed by atoms with E-state index in [0.29, 0.717) is 6.04 Å². The summed E-state index contributed by atoms with van der Waals surface area (Å²) in [6, 6.07) is 0.489. The summed E-state index contributed by atoms with van der Waals surface area (Å²) >= 11 is 2.77. The summed E-state index contributed by atoms with van der Waals surface area (Å²) in [7, 11) is 1.28. The van der Waals surface area contributed by atoms with Crippen LogP contribution in [0.5, 0.6) is 0 Å². The summed E-state index contributed by atoms with van der Waals surface area (Å²) in [4.78, 5) is 22.5. The minimum absolute atomic E-state index is 0.111. The van der Waals surface area contributed by atoms with E-state index in [-0.39, 0.29) is 18.2 Å². The zero-order valence-electron chi connectivity index (χ0n) is 12.5. The average molecular weight is 344 g/mol. The van der Waals surface area contributed by atoms with Crippen molar-refractivity contribution in [3.05, 3.63) is 0 Å². The van der Waals surface area contributed by atoms with Crippen molar-refractivity contribution < 1.29 is 14.3 Å². The van der Waals surface area contributed by atoms with Crippen molar-refractivity contribution >= 4 is 40.1 Å². The van der Waals surface area contributed by atoms with Gasteiger partial charge in [-0.25, -0.2) is 0 Å². The fraction of sp³-hybridized carbons (Fsp3) is 0.692. The number of anilines is 1. The molecule has 0 spiro atoms. The highest BCUT2D eigenvalue weighted by atomic mass is 32.2. The van der Waals surface area contributed by atoms with Gasteiger partial charge in [-0.3, -0.25) is 9.59 Å². The number of amides is 1. The first-order valence-corrected chi connectivity index (χ1v) is 9.04. The second-order valence-corrected chi connectivity index (χ2v) is 7.19. The van der Waals surface area contributed by atoms with Crippen LogP contribution in [0.3, 0.4) is 0 Å². The van der Waals surface area contributed by atoms with Crippen LogP contribution in [-0.4, -0.2) is 47.5 Å². The fourth-order valence-electron chi connectivity index (χ4n) is 2.17. The Kier molecular flexibility index (Phi) is 6.91. The molecule has 0 aliphatic heterocycles. The molecule has 9 heteroatoms. The van der Waals surface area contributed by atoms with Crippen molar-refractivity contribution in [3.8, 4) is 0 Å². The quantitative estimate of drug-likeness (QED) is 0.574. The molecule has 1 amide bonds. The molecule has 22 heavy (non-hydrogen) atoms. The average Bonchev–Trinajstić information content (AvgIpc) is 2.99. The summed E-state index contributed by atoms with van der Waals surface area (Å²) in [5, 5.41) is 14.9. The number of carbonyl (C=O) groups is 2. The number of esters is 1. The van der Waals surface area contributed by atoms with Crippen LogP contribution in [-0.2, 0) is 14.3 Å². The normalized spacial score (nSPS) is 15.3. The van der Waals surface area contributed by atoms with E-state index in [4.69, 9.17) is 0 Å². The zero-order valence-corrected chi connectivity index (χ0v) is 14.1. The van der Waals surface area contributed by atoms with Gasteiger partial charge in [0.15, 0.2) is 4.34 Å². The number of carbonyl (C=O) groups excluding carboxylic acids is 2. The third-order valence-corrected chi connectivity index (χ3v) is 5.31. The van der Waals surface area contributed by atoms with E-state index < -0.39 is 5.97 Å². The molecule has 1 fully saturated rings. The number of nitrogens with one attached hydrogen (secondary N) is 2. The number of thioether (sulfide) groups is 1. The van der Waals surface area contributed by atoms with E-state index in [1.807, 2.05) is 0 Å². The Morgan fingerprint density at radius 3 is 2.82 bits per heavy atom. The van der Waals surface area contributed by atoms with Gasteiger partial charge in [0.25, 0.3) is 0 Å². The van der Waals surface area contributed by atoms with E-state index in [0.717, 1.165) is 9.47 Å². The number of hydrogen-bond donors (Lipinski definition) is 2.